The van der Waals surface area contributed by atoms with Gasteiger partial charge < -0.3 is 20.5 Å². The van der Waals surface area contributed by atoms with Crippen molar-refractivity contribution in [2.24, 2.45) is 5.73 Å². The summed E-state index contributed by atoms with van der Waals surface area (Å²) < 4.78 is 10.2. The van der Waals surface area contributed by atoms with Gasteiger partial charge in [-0.05, 0) is 17.7 Å². The van der Waals surface area contributed by atoms with Gasteiger partial charge in [-0.1, -0.05) is 24.4 Å². The van der Waals surface area contributed by atoms with Crippen molar-refractivity contribution in [3.63, 3.8) is 0 Å². The molecule has 0 atom stereocenters. The minimum Gasteiger partial charge on any atom is -0.484 e. The summed E-state index contributed by atoms with van der Waals surface area (Å²) in [4.78, 5) is 11.8. The van der Waals surface area contributed by atoms with E-state index in [0.29, 0.717) is 30.3 Å². The lowest BCUT2D eigenvalue weighted by atomic mass is 10.1. The molecule has 3 N–H and O–H groups in total. The van der Waals surface area contributed by atoms with Gasteiger partial charge in [0.05, 0.1) is 11.6 Å². The van der Waals surface area contributed by atoms with Crippen LogP contribution in [0.15, 0.2) is 24.3 Å². The molecule has 0 aliphatic carbocycles. The number of hydrogen-bond donors (Lipinski definition) is 2. The SMILES string of the molecule is COCCNC(=O)COc1ccc(CC(N)=S)cc1. The van der Waals surface area contributed by atoms with Crippen LogP contribution >= 0.6 is 12.2 Å². The van der Waals surface area contributed by atoms with E-state index in [4.69, 9.17) is 27.4 Å². The lowest BCUT2D eigenvalue weighted by molar-refractivity contribution is -0.123. The first-order valence-corrected chi connectivity index (χ1v) is 6.28. The Kier molecular flexibility index (Phi) is 6.84. The number of nitrogens with one attached hydrogen (secondary N) is 1. The largest absolute Gasteiger partial charge is 0.484 e. The average molecular weight is 282 g/mol. The average Bonchev–Trinajstić information content (AvgIpc) is 2.37. The maximum atomic E-state index is 11.4. The molecule has 1 amide bonds. The van der Waals surface area contributed by atoms with Gasteiger partial charge in [0, 0.05) is 20.1 Å². The molecule has 6 heteroatoms. The van der Waals surface area contributed by atoms with Crippen molar-refractivity contribution in [3.8, 4) is 5.75 Å². The summed E-state index contributed by atoms with van der Waals surface area (Å²) in [5.41, 5.74) is 6.47. The number of methoxy groups -OCH3 is 1. The topological polar surface area (TPSA) is 73.6 Å². The smallest absolute Gasteiger partial charge is 0.258 e. The van der Waals surface area contributed by atoms with Gasteiger partial charge in [-0.3, -0.25) is 4.79 Å². The normalized spacial score (nSPS) is 9.95. The van der Waals surface area contributed by atoms with E-state index in [0.717, 1.165) is 5.56 Å². The van der Waals surface area contributed by atoms with E-state index in [1.54, 1.807) is 19.2 Å². The molecule has 0 aliphatic rings. The molecule has 0 saturated carbocycles. The van der Waals surface area contributed by atoms with Gasteiger partial charge in [0.25, 0.3) is 5.91 Å². The summed E-state index contributed by atoms with van der Waals surface area (Å²) in [5.74, 6) is 0.456. The van der Waals surface area contributed by atoms with E-state index in [-0.39, 0.29) is 12.5 Å². The monoisotopic (exact) mass is 282 g/mol. The summed E-state index contributed by atoms with van der Waals surface area (Å²) in [6.45, 7) is 0.948. The molecule has 0 saturated heterocycles. The number of benzene rings is 1. The lowest BCUT2D eigenvalue weighted by Gasteiger charge is -2.07. The zero-order valence-corrected chi connectivity index (χ0v) is 11.7. The number of thiocarbonyl (C=S) groups is 1. The van der Waals surface area contributed by atoms with Gasteiger partial charge in [0.2, 0.25) is 0 Å². The Hall–Kier alpha value is -1.66. The van der Waals surface area contributed by atoms with E-state index in [1.807, 2.05) is 12.1 Å². The highest BCUT2D eigenvalue weighted by Gasteiger charge is 2.02. The summed E-state index contributed by atoms with van der Waals surface area (Å²) in [5, 5.41) is 2.67. The zero-order chi connectivity index (χ0) is 14.1. The predicted octanol–water partition coefficient (Wildman–Crippen LogP) is 0.657. The number of carbonyl (C=O) groups excluding carboxylic acids is 1. The summed E-state index contributed by atoms with van der Waals surface area (Å²) in [6, 6.07) is 7.32. The molecular formula is C13H18N2O3S. The van der Waals surface area contributed by atoms with E-state index < -0.39 is 0 Å². The fourth-order valence-corrected chi connectivity index (χ4v) is 1.56. The van der Waals surface area contributed by atoms with E-state index in [2.05, 4.69) is 5.32 Å². The third-order valence-corrected chi connectivity index (χ3v) is 2.44. The van der Waals surface area contributed by atoms with Gasteiger partial charge in [0.15, 0.2) is 6.61 Å². The number of hydrogen-bond acceptors (Lipinski definition) is 4. The molecule has 0 radical (unpaired) electrons. The van der Waals surface area contributed by atoms with Crippen molar-refractivity contribution in [1.82, 2.24) is 5.32 Å². The molecule has 0 aromatic heterocycles. The Morgan fingerprint density at radius 3 is 2.63 bits per heavy atom. The number of rotatable bonds is 8. The Bertz CT molecular complexity index is 420. The number of amides is 1. The van der Waals surface area contributed by atoms with Gasteiger partial charge >= 0.3 is 0 Å². The number of ether oxygens (including phenoxy) is 2. The highest BCUT2D eigenvalue weighted by atomic mass is 32.1. The minimum atomic E-state index is -0.177. The van der Waals surface area contributed by atoms with Crippen molar-refractivity contribution in [3.05, 3.63) is 29.8 Å². The van der Waals surface area contributed by atoms with Crippen LogP contribution in [0.1, 0.15) is 5.56 Å². The van der Waals surface area contributed by atoms with Crippen molar-refractivity contribution < 1.29 is 14.3 Å². The molecule has 1 aromatic rings. The Morgan fingerprint density at radius 2 is 2.05 bits per heavy atom. The minimum absolute atomic E-state index is 0.0155. The van der Waals surface area contributed by atoms with Crippen molar-refractivity contribution in [2.45, 2.75) is 6.42 Å². The molecule has 0 bridgehead atoms. The van der Waals surface area contributed by atoms with Crippen LogP contribution < -0.4 is 15.8 Å². The molecule has 0 aliphatic heterocycles. The zero-order valence-electron chi connectivity index (χ0n) is 10.8. The number of nitrogens with two attached hydrogens (primary N) is 1. The van der Waals surface area contributed by atoms with Gasteiger partial charge in [-0.2, -0.15) is 0 Å². The molecule has 19 heavy (non-hydrogen) atoms. The molecule has 104 valence electrons. The predicted molar refractivity (Wildman–Crippen MR) is 77.3 cm³/mol. The maximum Gasteiger partial charge on any atom is 0.258 e. The van der Waals surface area contributed by atoms with Gasteiger partial charge in [0.1, 0.15) is 5.75 Å². The van der Waals surface area contributed by atoms with Crippen LogP contribution in [0.5, 0.6) is 5.75 Å². The van der Waals surface area contributed by atoms with Crippen molar-refractivity contribution in [1.29, 1.82) is 0 Å². The van der Waals surface area contributed by atoms with Crippen LogP contribution in [0.3, 0.4) is 0 Å². The Morgan fingerprint density at radius 1 is 1.37 bits per heavy atom. The van der Waals surface area contributed by atoms with Crippen LogP contribution in [-0.2, 0) is 16.0 Å². The van der Waals surface area contributed by atoms with E-state index >= 15 is 0 Å². The van der Waals surface area contributed by atoms with Crippen molar-refractivity contribution in [2.75, 3.05) is 26.9 Å². The second-order valence-electron chi connectivity index (χ2n) is 3.92. The van der Waals surface area contributed by atoms with Crippen LogP contribution in [0.4, 0.5) is 0 Å². The Labute approximate surface area is 118 Å². The van der Waals surface area contributed by atoms with Crippen LogP contribution in [-0.4, -0.2) is 37.8 Å². The van der Waals surface area contributed by atoms with E-state index in [9.17, 15) is 4.79 Å². The third kappa shape index (κ3) is 6.73. The summed E-state index contributed by atoms with van der Waals surface area (Å²) in [6.07, 6.45) is 0.563. The molecular weight excluding hydrogens is 264 g/mol. The first-order chi connectivity index (χ1) is 9.11. The summed E-state index contributed by atoms with van der Waals surface area (Å²) >= 11 is 4.83. The standard InChI is InChI=1S/C13H18N2O3S/c1-17-7-6-15-13(16)9-18-11-4-2-10(3-5-11)8-12(14)19/h2-5H,6-9H2,1H3,(H2,14,19)(H,15,16). The highest BCUT2D eigenvalue weighted by molar-refractivity contribution is 7.80. The van der Waals surface area contributed by atoms with E-state index in [1.165, 1.54) is 0 Å². The van der Waals surface area contributed by atoms with Crippen LogP contribution in [0, 0.1) is 0 Å². The second kappa shape index (κ2) is 8.44. The molecule has 0 spiro atoms. The fraction of sp³-hybridized carbons (Fsp3) is 0.385. The molecule has 0 heterocycles. The van der Waals surface area contributed by atoms with Gasteiger partial charge in [-0.15, -0.1) is 0 Å². The first-order valence-electron chi connectivity index (χ1n) is 5.87. The molecule has 1 aromatic carbocycles. The quantitative estimate of drug-likeness (QED) is 0.541. The van der Waals surface area contributed by atoms with Gasteiger partial charge in [-0.25, -0.2) is 0 Å². The third-order valence-electron chi connectivity index (χ3n) is 2.30. The molecule has 5 nitrogen and oxygen atoms in total. The lowest BCUT2D eigenvalue weighted by Crippen LogP contribution is -2.31. The van der Waals surface area contributed by atoms with Crippen molar-refractivity contribution >= 4 is 23.1 Å². The molecule has 1 rings (SSSR count). The maximum absolute atomic E-state index is 11.4. The van der Waals surface area contributed by atoms with Crippen LogP contribution in [0.2, 0.25) is 0 Å². The Balaban J connectivity index is 2.33. The number of carbonyl (C=O) groups is 1. The molecule has 0 fully saturated rings. The fourth-order valence-electron chi connectivity index (χ4n) is 1.40. The molecule has 0 unspecified atom stereocenters. The highest BCUT2D eigenvalue weighted by Crippen LogP contribution is 2.12. The second-order valence-corrected chi connectivity index (χ2v) is 4.44. The van der Waals surface area contributed by atoms with Crippen LogP contribution in [0.25, 0.3) is 0 Å². The first kappa shape index (κ1) is 15.4. The summed E-state index contributed by atoms with van der Waals surface area (Å²) in [7, 11) is 1.58.